The Morgan fingerprint density at radius 1 is 1.17 bits per heavy atom. The fraction of sp³-hybridized carbons (Fsp3) is 0.450. The van der Waals surface area contributed by atoms with E-state index < -0.39 is 0 Å². The molecule has 0 radical (unpaired) electrons. The van der Waals surface area contributed by atoms with Gasteiger partial charge in [0.2, 0.25) is 0 Å². The van der Waals surface area contributed by atoms with Gasteiger partial charge < -0.3 is 5.32 Å². The van der Waals surface area contributed by atoms with Crippen LogP contribution in [-0.4, -0.2) is 41.3 Å². The first-order valence-electron chi connectivity index (χ1n) is 8.85. The van der Waals surface area contributed by atoms with Gasteiger partial charge in [-0.3, -0.25) is 9.88 Å². The zero-order chi connectivity index (χ0) is 16.6. The molecular formula is C20H27N3S. The Morgan fingerprint density at radius 3 is 2.75 bits per heavy atom. The van der Waals surface area contributed by atoms with Gasteiger partial charge in [0.15, 0.2) is 0 Å². The predicted octanol–water partition coefficient (Wildman–Crippen LogP) is 3.67. The molecule has 1 fully saturated rings. The van der Waals surface area contributed by atoms with Crippen LogP contribution in [0.1, 0.15) is 19.0 Å². The monoisotopic (exact) mass is 341 g/mol. The van der Waals surface area contributed by atoms with E-state index in [9.17, 15) is 0 Å². The van der Waals surface area contributed by atoms with Crippen LogP contribution in [0.25, 0.3) is 0 Å². The van der Waals surface area contributed by atoms with Crippen LogP contribution in [0.15, 0.2) is 59.6 Å². The second-order valence-corrected chi connectivity index (χ2v) is 7.71. The number of piperidine rings is 1. The maximum Gasteiger partial charge on any atom is 0.0543 e. The van der Waals surface area contributed by atoms with Crippen molar-refractivity contribution in [3.05, 3.63) is 60.4 Å². The van der Waals surface area contributed by atoms with E-state index in [0.29, 0.717) is 12.0 Å². The fourth-order valence-corrected chi connectivity index (χ4v) is 4.13. The van der Waals surface area contributed by atoms with E-state index in [1.54, 1.807) is 0 Å². The molecule has 4 heteroatoms. The maximum atomic E-state index is 4.45. The summed E-state index contributed by atoms with van der Waals surface area (Å²) in [5.74, 6) is 1.81. The number of benzene rings is 1. The Kier molecular flexibility index (Phi) is 6.70. The molecule has 3 nitrogen and oxygen atoms in total. The van der Waals surface area contributed by atoms with Crippen molar-refractivity contribution in [2.75, 3.05) is 25.4 Å². The highest BCUT2D eigenvalue weighted by Crippen LogP contribution is 2.19. The van der Waals surface area contributed by atoms with Gasteiger partial charge in [0.1, 0.15) is 0 Å². The lowest BCUT2D eigenvalue weighted by molar-refractivity contribution is 0.141. The second kappa shape index (κ2) is 9.21. The Labute approximate surface area is 149 Å². The lowest BCUT2D eigenvalue weighted by Gasteiger charge is -2.37. The van der Waals surface area contributed by atoms with Crippen molar-refractivity contribution in [2.45, 2.75) is 30.8 Å². The molecule has 24 heavy (non-hydrogen) atoms. The molecule has 1 aromatic carbocycles. The molecule has 0 amide bonds. The number of thioether (sulfide) groups is 1. The Balaban J connectivity index is 1.36. The van der Waals surface area contributed by atoms with Crippen molar-refractivity contribution in [2.24, 2.45) is 5.92 Å². The van der Waals surface area contributed by atoms with Crippen LogP contribution in [0.2, 0.25) is 0 Å². The van der Waals surface area contributed by atoms with E-state index in [4.69, 9.17) is 0 Å². The molecule has 2 aromatic rings. The summed E-state index contributed by atoms with van der Waals surface area (Å²) in [4.78, 5) is 8.34. The number of likely N-dealkylation sites (tertiary alicyclic amines) is 1. The third kappa shape index (κ3) is 5.33. The molecule has 128 valence electrons. The fourth-order valence-electron chi connectivity index (χ4n) is 3.33. The molecule has 1 aliphatic heterocycles. The first kappa shape index (κ1) is 17.5. The zero-order valence-electron chi connectivity index (χ0n) is 14.4. The average molecular weight is 342 g/mol. The van der Waals surface area contributed by atoms with Gasteiger partial charge in [-0.05, 0) is 36.6 Å². The van der Waals surface area contributed by atoms with Crippen molar-refractivity contribution in [1.29, 1.82) is 0 Å². The van der Waals surface area contributed by atoms with E-state index in [0.717, 1.165) is 31.9 Å². The SMILES string of the molecule is C[C@@H]1CN(Cc2ccccn2)CC[C@H]1NCCSc1ccccc1. The first-order valence-corrected chi connectivity index (χ1v) is 9.83. The molecular weight excluding hydrogens is 314 g/mol. The maximum absolute atomic E-state index is 4.45. The van der Waals surface area contributed by atoms with Crippen molar-refractivity contribution in [3.8, 4) is 0 Å². The van der Waals surface area contributed by atoms with E-state index in [1.165, 1.54) is 17.0 Å². The summed E-state index contributed by atoms with van der Waals surface area (Å²) in [6.45, 7) is 6.73. The normalized spacial score (nSPS) is 21.7. The second-order valence-electron chi connectivity index (χ2n) is 6.54. The number of nitrogens with one attached hydrogen (secondary N) is 1. The number of hydrogen-bond donors (Lipinski definition) is 1. The van der Waals surface area contributed by atoms with Gasteiger partial charge in [0.05, 0.1) is 5.69 Å². The number of pyridine rings is 1. The smallest absolute Gasteiger partial charge is 0.0543 e. The van der Waals surface area contributed by atoms with E-state index in [2.05, 4.69) is 64.6 Å². The lowest BCUT2D eigenvalue weighted by Crippen LogP contribution is -2.48. The standard InChI is InChI=1S/C20H27N3S/c1-17-15-23(16-18-7-5-6-11-21-18)13-10-20(17)22-12-14-24-19-8-3-2-4-9-19/h2-9,11,17,20,22H,10,12-16H2,1H3/t17-,20-/m1/s1. The molecule has 0 spiro atoms. The van der Waals surface area contributed by atoms with Gasteiger partial charge in [0.25, 0.3) is 0 Å². The third-order valence-electron chi connectivity index (χ3n) is 4.62. The van der Waals surface area contributed by atoms with E-state index in [-0.39, 0.29) is 0 Å². The average Bonchev–Trinajstić information content (AvgIpc) is 2.62. The molecule has 2 heterocycles. The van der Waals surface area contributed by atoms with Gasteiger partial charge in [-0.15, -0.1) is 11.8 Å². The number of hydrogen-bond acceptors (Lipinski definition) is 4. The van der Waals surface area contributed by atoms with Crippen LogP contribution in [0, 0.1) is 5.92 Å². The van der Waals surface area contributed by atoms with Crippen LogP contribution in [-0.2, 0) is 6.54 Å². The number of nitrogens with zero attached hydrogens (tertiary/aromatic N) is 2. The molecule has 0 bridgehead atoms. The molecule has 0 saturated carbocycles. The molecule has 0 unspecified atom stereocenters. The van der Waals surface area contributed by atoms with E-state index in [1.807, 2.05) is 24.0 Å². The van der Waals surface area contributed by atoms with Gasteiger partial charge in [-0.2, -0.15) is 0 Å². The zero-order valence-corrected chi connectivity index (χ0v) is 15.2. The summed E-state index contributed by atoms with van der Waals surface area (Å²) >= 11 is 1.93. The molecule has 2 atom stereocenters. The van der Waals surface area contributed by atoms with Gasteiger partial charge in [0, 0.05) is 49.1 Å². The molecule has 1 N–H and O–H groups in total. The number of rotatable bonds is 7. The highest BCUT2D eigenvalue weighted by atomic mass is 32.2. The molecule has 0 aliphatic carbocycles. The highest BCUT2D eigenvalue weighted by Gasteiger charge is 2.25. The lowest BCUT2D eigenvalue weighted by atomic mass is 9.93. The van der Waals surface area contributed by atoms with Crippen LogP contribution in [0.3, 0.4) is 0 Å². The Hall–Kier alpha value is -1.36. The molecule has 3 rings (SSSR count). The largest absolute Gasteiger partial charge is 0.313 e. The van der Waals surface area contributed by atoms with E-state index >= 15 is 0 Å². The quantitative estimate of drug-likeness (QED) is 0.614. The van der Waals surface area contributed by atoms with Crippen molar-refractivity contribution in [1.82, 2.24) is 15.2 Å². The summed E-state index contributed by atoms with van der Waals surface area (Å²) in [5.41, 5.74) is 1.18. The van der Waals surface area contributed by atoms with Gasteiger partial charge >= 0.3 is 0 Å². The van der Waals surface area contributed by atoms with Gasteiger partial charge in [-0.25, -0.2) is 0 Å². The highest BCUT2D eigenvalue weighted by molar-refractivity contribution is 7.99. The minimum atomic E-state index is 0.640. The Morgan fingerprint density at radius 2 is 2.00 bits per heavy atom. The van der Waals surface area contributed by atoms with Crippen LogP contribution in [0.5, 0.6) is 0 Å². The van der Waals surface area contributed by atoms with Crippen LogP contribution < -0.4 is 5.32 Å². The summed E-state index contributed by atoms with van der Waals surface area (Å²) in [7, 11) is 0. The van der Waals surface area contributed by atoms with Crippen LogP contribution >= 0.6 is 11.8 Å². The summed E-state index contributed by atoms with van der Waals surface area (Å²) in [5, 5.41) is 3.76. The molecule has 1 aliphatic rings. The first-order chi connectivity index (χ1) is 11.8. The van der Waals surface area contributed by atoms with Crippen molar-refractivity contribution >= 4 is 11.8 Å². The minimum absolute atomic E-state index is 0.640. The predicted molar refractivity (Wildman–Crippen MR) is 102 cm³/mol. The molecule has 1 saturated heterocycles. The summed E-state index contributed by atoms with van der Waals surface area (Å²) in [6, 6.07) is 17.5. The Bertz CT molecular complexity index is 588. The van der Waals surface area contributed by atoms with Crippen LogP contribution in [0.4, 0.5) is 0 Å². The summed E-state index contributed by atoms with van der Waals surface area (Å²) < 4.78 is 0. The topological polar surface area (TPSA) is 28.2 Å². The summed E-state index contributed by atoms with van der Waals surface area (Å²) in [6.07, 6.45) is 3.11. The molecule has 1 aromatic heterocycles. The van der Waals surface area contributed by atoms with Gasteiger partial charge in [-0.1, -0.05) is 31.2 Å². The minimum Gasteiger partial charge on any atom is -0.313 e. The number of aromatic nitrogens is 1. The third-order valence-corrected chi connectivity index (χ3v) is 5.64. The van der Waals surface area contributed by atoms with Crippen molar-refractivity contribution < 1.29 is 0 Å². The van der Waals surface area contributed by atoms with Crippen molar-refractivity contribution in [3.63, 3.8) is 0 Å².